The molecule has 3 aromatic carbocycles. The fraction of sp³-hybridized carbons (Fsp3) is 0.172. The number of fused-ring (bicyclic) bond motifs is 3. The van der Waals surface area contributed by atoms with Gasteiger partial charge in [-0.2, -0.15) is 0 Å². The predicted molar refractivity (Wildman–Crippen MR) is 148 cm³/mol. The first kappa shape index (κ1) is 23.8. The van der Waals surface area contributed by atoms with Gasteiger partial charge in [-0.3, -0.25) is 9.36 Å². The van der Waals surface area contributed by atoms with Gasteiger partial charge in [-0.05, 0) is 53.8 Å². The number of thiazole rings is 1. The van der Waals surface area contributed by atoms with Gasteiger partial charge in [-0.15, -0.1) is 0 Å². The average Bonchev–Trinajstić information content (AvgIpc) is 3.23. The molecule has 8 heteroatoms. The van der Waals surface area contributed by atoms with Gasteiger partial charge in [-0.25, -0.2) is 4.99 Å². The van der Waals surface area contributed by atoms with E-state index in [4.69, 9.17) is 14.5 Å². The zero-order chi connectivity index (χ0) is 25.7. The number of aromatic nitrogens is 1. The molecule has 0 fully saturated rings. The number of phenols is 1. The van der Waals surface area contributed by atoms with Crippen LogP contribution >= 0.6 is 27.3 Å². The van der Waals surface area contributed by atoms with Crippen LogP contribution in [0.1, 0.15) is 34.7 Å². The van der Waals surface area contributed by atoms with Gasteiger partial charge in [0.2, 0.25) is 0 Å². The summed E-state index contributed by atoms with van der Waals surface area (Å²) in [5, 5.41) is 10.1. The SMILES string of the molecule is COc1cc(C=c2sc3n(c2=O)C(c2ccccc2OC)C2=C(N=3)c3ccccc3CC2)c(Br)cc1O. The van der Waals surface area contributed by atoms with E-state index in [1.54, 1.807) is 23.8 Å². The van der Waals surface area contributed by atoms with Crippen LogP contribution in [0.15, 0.2) is 80.5 Å². The van der Waals surface area contributed by atoms with Crippen molar-refractivity contribution in [3.05, 3.63) is 113 Å². The van der Waals surface area contributed by atoms with Gasteiger partial charge in [0.1, 0.15) is 5.75 Å². The Morgan fingerprint density at radius 1 is 1.05 bits per heavy atom. The van der Waals surface area contributed by atoms with Crippen molar-refractivity contribution in [2.24, 2.45) is 4.99 Å². The molecule has 0 bridgehead atoms. The monoisotopic (exact) mass is 574 g/mol. The van der Waals surface area contributed by atoms with Crippen molar-refractivity contribution in [3.63, 3.8) is 0 Å². The third-order valence-corrected chi connectivity index (χ3v) is 8.56. The number of hydrogen-bond acceptors (Lipinski definition) is 6. The number of nitrogens with zero attached hydrogens (tertiary/aromatic N) is 2. The Balaban J connectivity index is 1.64. The van der Waals surface area contributed by atoms with Gasteiger partial charge in [0, 0.05) is 15.6 Å². The van der Waals surface area contributed by atoms with Crippen LogP contribution in [0.5, 0.6) is 17.2 Å². The smallest absolute Gasteiger partial charge is 0.271 e. The highest BCUT2D eigenvalue weighted by atomic mass is 79.9. The summed E-state index contributed by atoms with van der Waals surface area (Å²) in [7, 11) is 3.15. The molecular weight excluding hydrogens is 552 g/mol. The molecule has 1 aliphatic carbocycles. The highest BCUT2D eigenvalue weighted by Gasteiger charge is 2.34. The first-order valence-corrected chi connectivity index (χ1v) is 13.4. The van der Waals surface area contributed by atoms with Gasteiger partial charge in [0.05, 0.1) is 30.5 Å². The van der Waals surface area contributed by atoms with Crippen molar-refractivity contribution in [3.8, 4) is 17.2 Å². The molecule has 0 saturated carbocycles. The van der Waals surface area contributed by atoms with Crippen molar-refractivity contribution in [1.29, 1.82) is 0 Å². The van der Waals surface area contributed by atoms with E-state index in [2.05, 4.69) is 34.1 Å². The van der Waals surface area contributed by atoms with Crippen LogP contribution in [-0.4, -0.2) is 23.9 Å². The Hall–Kier alpha value is -3.62. The minimum absolute atomic E-state index is 0.0236. The third-order valence-electron chi connectivity index (χ3n) is 6.89. The van der Waals surface area contributed by atoms with Crippen molar-refractivity contribution in [2.75, 3.05) is 14.2 Å². The fourth-order valence-electron chi connectivity index (χ4n) is 5.17. The number of ether oxygens (including phenoxy) is 2. The molecule has 37 heavy (non-hydrogen) atoms. The summed E-state index contributed by atoms with van der Waals surface area (Å²) in [6.07, 6.45) is 3.51. The van der Waals surface area contributed by atoms with Gasteiger partial charge in [-0.1, -0.05) is 69.7 Å². The van der Waals surface area contributed by atoms with E-state index < -0.39 is 0 Å². The fourth-order valence-corrected chi connectivity index (χ4v) is 6.60. The first-order valence-electron chi connectivity index (χ1n) is 11.8. The van der Waals surface area contributed by atoms with E-state index >= 15 is 0 Å². The number of halogens is 1. The topological polar surface area (TPSA) is 73.0 Å². The van der Waals surface area contributed by atoms with Crippen LogP contribution in [0.25, 0.3) is 11.8 Å². The van der Waals surface area contributed by atoms with E-state index in [1.165, 1.54) is 24.0 Å². The lowest BCUT2D eigenvalue weighted by Gasteiger charge is -2.31. The predicted octanol–water partition coefficient (Wildman–Crippen LogP) is 4.80. The standard InChI is InChI=1S/C29H23BrN2O4S/c1-35-23-10-6-5-9-19(23)27-20-12-11-16-7-3-4-8-18(16)26(20)31-29-32(27)28(34)25(37-29)14-17-13-24(36-2)22(33)15-21(17)30/h3-10,13-15,27,33H,11-12H2,1-2H3. The molecule has 4 aromatic rings. The Morgan fingerprint density at radius 3 is 2.62 bits per heavy atom. The second kappa shape index (κ2) is 9.36. The molecular formula is C29H23BrN2O4S. The molecule has 6 nitrogen and oxygen atoms in total. The van der Waals surface area contributed by atoms with Crippen LogP contribution in [0.4, 0.5) is 0 Å². The van der Waals surface area contributed by atoms with Crippen LogP contribution in [0.3, 0.4) is 0 Å². The molecule has 2 aliphatic rings. The quantitative estimate of drug-likeness (QED) is 0.380. The van der Waals surface area contributed by atoms with Crippen molar-refractivity contribution >= 4 is 39.0 Å². The zero-order valence-corrected chi connectivity index (χ0v) is 22.6. The van der Waals surface area contributed by atoms with E-state index in [1.807, 2.05) is 36.4 Å². The molecule has 0 amide bonds. The third kappa shape index (κ3) is 3.91. The number of allylic oxidation sites excluding steroid dienone is 1. The number of rotatable bonds is 4. The van der Waals surface area contributed by atoms with Gasteiger partial charge >= 0.3 is 0 Å². The highest BCUT2D eigenvalue weighted by molar-refractivity contribution is 9.10. The minimum atomic E-state index is -0.323. The van der Waals surface area contributed by atoms with Gasteiger partial charge < -0.3 is 14.6 Å². The lowest BCUT2D eigenvalue weighted by Crippen LogP contribution is -2.39. The van der Waals surface area contributed by atoms with E-state index in [0.717, 1.165) is 46.6 Å². The normalized spacial score (nSPS) is 16.5. The van der Waals surface area contributed by atoms with Crippen LogP contribution in [0.2, 0.25) is 0 Å². The largest absolute Gasteiger partial charge is 0.504 e. The maximum Gasteiger partial charge on any atom is 0.271 e. The summed E-state index contributed by atoms with van der Waals surface area (Å²) in [5.74, 6) is 1.09. The maximum absolute atomic E-state index is 14.0. The van der Waals surface area contributed by atoms with E-state index in [0.29, 0.717) is 19.6 Å². The Bertz CT molecular complexity index is 1770. The summed E-state index contributed by atoms with van der Waals surface area (Å²) < 4.78 is 14.0. The molecule has 1 atom stereocenters. The maximum atomic E-state index is 14.0. The van der Waals surface area contributed by atoms with Crippen molar-refractivity contribution in [1.82, 2.24) is 4.57 Å². The second-order valence-electron chi connectivity index (χ2n) is 8.90. The van der Waals surface area contributed by atoms with E-state index in [-0.39, 0.29) is 17.4 Å². The summed E-state index contributed by atoms with van der Waals surface area (Å²) in [6.45, 7) is 0. The number of aromatic hydroxyl groups is 1. The molecule has 2 heterocycles. The number of methoxy groups -OCH3 is 2. The molecule has 186 valence electrons. The second-order valence-corrected chi connectivity index (χ2v) is 10.8. The molecule has 1 aliphatic heterocycles. The van der Waals surface area contributed by atoms with Crippen molar-refractivity contribution in [2.45, 2.75) is 18.9 Å². The lowest BCUT2D eigenvalue weighted by atomic mass is 9.83. The average molecular weight is 575 g/mol. The van der Waals surface area contributed by atoms with Crippen LogP contribution in [0, 0.1) is 0 Å². The molecule has 1 aromatic heterocycles. The number of phenolic OH excluding ortho intramolecular Hbond substituents is 1. The summed E-state index contributed by atoms with van der Waals surface area (Å²) in [6, 6.07) is 19.2. The Morgan fingerprint density at radius 2 is 1.81 bits per heavy atom. The number of aryl methyl sites for hydroxylation is 1. The molecule has 0 radical (unpaired) electrons. The number of para-hydroxylation sites is 1. The molecule has 1 N–H and O–H groups in total. The van der Waals surface area contributed by atoms with Crippen LogP contribution in [-0.2, 0) is 6.42 Å². The minimum Gasteiger partial charge on any atom is -0.504 e. The highest BCUT2D eigenvalue weighted by Crippen LogP contribution is 2.43. The van der Waals surface area contributed by atoms with Crippen molar-refractivity contribution < 1.29 is 14.6 Å². The van der Waals surface area contributed by atoms with Gasteiger partial charge in [0.25, 0.3) is 5.56 Å². The summed E-state index contributed by atoms with van der Waals surface area (Å²) >= 11 is 4.85. The molecule has 1 unspecified atom stereocenters. The zero-order valence-electron chi connectivity index (χ0n) is 20.2. The number of hydrogen-bond donors (Lipinski definition) is 1. The first-order chi connectivity index (χ1) is 18.0. The summed E-state index contributed by atoms with van der Waals surface area (Å²) in [4.78, 5) is 19.7. The molecule has 6 rings (SSSR count). The van der Waals surface area contributed by atoms with Gasteiger partial charge in [0.15, 0.2) is 16.3 Å². The Labute approximate surface area is 225 Å². The van der Waals surface area contributed by atoms with E-state index in [9.17, 15) is 9.90 Å². The lowest BCUT2D eigenvalue weighted by molar-refractivity contribution is 0.373. The number of benzene rings is 3. The van der Waals surface area contributed by atoms with Crippen LogP contribution < -0.4 is 24.4 Å². The summed E-state index contributed by atoms with van der Waals surface area (Å²) in [5.41, 5.74) is 5.99. The Kier molecular flexibility index (Phi) is 6.01. The molecule has 0 saturated heterocycles. The molecule has 0 spiro atoms.